The fourth-order valence-electron chi connectivity index (χ4n) is 2.47. The van der Waals surface area contributed by atoms with Gasteiger partial charge in [0.25, 0.3) is 0 Å². The summed E-state index contributed by atoms with van der Waals surface area (Å²) < 4.78 is 2.06. The van der Waals surface area contributed by atoms with Crippen LogP contribution in [0, 0.1) is 6.92 Å². The second-order valence-corrected chi connectivity index (χ2v) is 6.93. The summed E-state index contributed by atoms with van der Waals surface area (Å²) in [7, 11) is 0. The average molecular weight is 372 g/mol. The van der Waals surface area contributed by atoms with Crippen molar-refractivity contribution in [2.75, 3.05) is 11.1 Å². The molecular formula is C19H18ClN3OS. The van der Waals surface area contributed by atoms with Gasteiger partial charge in [-0.15, -0.1) is 6.58 Å². The molecule has 1 N–H and O–H groups in total. The molecule has 1 heterocycles. The molecule has 2 aromatic carbocycles. The number of fused-ring (bicyclic) bond motifs is 1. The lowest BCUT2D eigenvalue weighted by molar-refractivity contribution is -0.113. The number of rotatable bonds is 6. The van der Waals surface area contributed by atoms with Crippen LogP contribution in [0.25, 0.3) is 11.0 Å². The van der Waals surface area contributed by atoms with E-state index in [2.05, 4.69) is 21.4 Å². The minimum atomic E-state index is -0.0953. The molecule has 3 rings (SSSR count). The maximum Gasteiger partial charge on any atom is 0.234 e. The van der Waals surface area contributed by atoms with E-state index in [-0.39, 0.29) is 11.7 Å². The Morgan fingerprint density at radius 1 is 1.36 bits per heavy atom. The summed E-state index contributed by atoms with van der Waals surface area (Å²) in [5.74, 6) is 0.175. The SMILES string of the molecule is C=CCn1c(SCC(=O)Nc2ccc(C)c(Cl)c2)nc2ccccc21. The third-order valence-corrected chi connectivity index (χ3v) is 5.10. The van der Waals surface area contributed by atoms with Crippen molar-refractivity contribution in [3.8, 4) is 0 Å². The van der Waals surface area contributed by atoms with Gasteiger partial charge in [0.1, 0.15) is 0 Å². The molecule has 0 aliphatic rings. The molecule has 0 saturated carbocycles. The first-order chi connectivity index (χ1) is 12.1. The normalized spacial score (nSPS) is 10.8. The number of para-hydroxylation sites is 2. The molecule has 0 atom stereocenters. The summed E-state index contributed by atoms with van der Waals surface area (Å²) in [4.78, 5) is 16.8. The standard InChI is InChI=1S/C19H18ClN3OS/c1-3-10-23-17-7-5-4-6-16(17)22-19(23)25-12-18(24)21-14-9-8-13(2)15(20)11-14/h3-9,11H,1,10,12H2,2H3,(H,21,24). The predicted octanol–water partition coefficient (Wildman–Crippen LogP) is 4.91. The van der Waals surface area contributed by atoms with Crippen LogP contribution in [0.15, 0.2) is 60.3 Å². The molecule has 4 nitrogen and oxygen atoms in total. The first kappa shape index (κ1) is 17.6. The number of carbonyl (C=O) groups is 1. The van der Waals surface area contributed by atoms with Crippen molar-refractivity contribution < 1.29 is 4.79 Å². The van der Waals surface area contributed by atoms with Crippen LogP contribution in [-0.4, -0.2) is 21.2 Å². The van der Waals surface area contributed by atoms with Gasteiger partial charge in [0.15, 0.2) is 5.16 Å². The van der Waals surface area contributed by atoms with Gasteiger partial charge in [0, 0.05) is 17.3 Å². The number of aromatic nitrogens is 2. The Morgan fingerprint density at radius 2 is 2.16 bits per heavy atom. The molecule has 1 amide bonds. The van der Waals surface area contributed by atoms with Crippen molar-refractivity contribution in [1.29, 1.82) is 0 Å². The zero-order valence-electron chi connectivity index (χ0n) is 13.8. The molecule has 3 aromatic rings. The summed E-state index contributed by atoms with van der Waals surface area (Å²) in [6, 6.07) is 13.4. The number of nitrogens with zero attached hydrogens (tertiary/aromatic N) is 2. The van der Waals surface area contributed by atoms with Crippen LogP contribution in [0.1, 0.15) is 5.56 Å². The molecule has 0 aliphatic carbocycles. The van der Waals surface area contributed by atoms with E-state index in [1.54, 1.807) is 6.07 Å². The van der Waals surface area contributed by atoms with E-state index in [0.717, 1.165) is 21.8 Å². The number of nitrogens with one attached hydrogen (secondary N) is 1. The van der Waals surface area contributed by atoms with Gasteiger partial charge in [-0.1, -0.05) is 47.6 Å². The van der Waals surface area contributed by atoms with E-state index in [0.29, 0.717) is 17.3 Å². The van der Waals surface area contributed by atoms with Crippen molar-refractivity contribution in [1.82, 2.24) is 9.55 Å². The topological polar surface area (TPSA) is 46.9 Å². The van der Waals surface area contributed by atoms with Crippen LogP contribution < -0.4 is 5.32 Å². The van der Waals surface area contributed by atoms with Crippen LogP contribution in [-0.2, 0) is 11.3 Å². The second-order valence-electron chi connectivity index (χ2n) is 5.58. The Morgan fingerprint density at radius 3 is 2.92 bits per heavy atom. The third-order valence-electron chi connectivity index (χ3n) is 3.72. The van der Waals surface area contributed by atoms with Gasteiger partial charge >= 0.3 is 0 Å². The molecule has 0 spiro atoms. The average Bonchev–Trinajstić information content (AvgIpc) is 2.95. The van der Waals surface area contributed by atoms with Crippen molar-refractivity contribution in [3.63, 3.8) is 0 Å². The number of hydrogen-bond acceptors (Lipinski definition) is 3. The van der Waals surface area contributed by atoms with Crippen LogP contribution >= 0.6 is 23.4 Å². The number of aryl methyl sites for hydroxylation is 1. The van der Waals surface area contributed by atoms with Gasteiger partial charge in [-0.3, -0.25) is 4.79 Å². The maximum absolute atomic E-state index is 12.2. The fourth-order valence-corrected chi connectivity index (χ4v) is 3.47. The van der Waals surface area contributed by atoms with E-state index < -0.39 is 0 Å². The molecule has 0 bridgehead atoms. The predicted molar refractivity (Wildman–Crippen MR) is 105 cm³/mol. The number of carbonyl (C=O) groups excluding carboxylic acids is 1. The lowest BCUT2D eigenvalue weighted by atomic mass is 10.2. The van der Waals surface area contributed by atoms with Crippen LogP contribution in [0.2, 0.25) is 5.02 Å². The Labute approximate surface area is 155 Å². The summed E-state index contributed by atoms with van der Waals surface area (Å²) in [6.07, 6.45) is 1.83. The minimum Gasteiger partial charge on any atom is -0.325 e. The van der Waals surface area contributed by atoms with Crippen molar-refractivity contribution in [2.24, 2.45) is 0 Å². The van der Waals surface area contributed by atoms with Crippen LogP contribution in [0.4, 0.5) is 5.69 Å². The Balaban J connectivity index is 1.71. The van der Waals surface area contributed by atoms with Crippen molar-refractivity contribution in [2.45, 2.75) is 18.6 Å². The highest BCUT2D eigenvalue weighted by Crippen LogP contribution is 2.25. The molecule has 25 heavy (non-hydrogen) atoms. The summed E-state index contributed by atoms with van der Waals surface area (Å²) in [5.41, 5.74) is 3.63. The second kappa shape index (κ2) is 7.76. The minimum absolute atomic E-state index is 0.0953. The first-order valence-corrected chi connectivity index (χ1v) is 9.20. The Hall–Kier alpha value is -2.24. The summed E-state index contributed by atoms with van der Waals surface area (Å²) in [5, 5.41) is 4.31. The number of imidazole rings is 1. The van der Waals surface area contributed by atoms with Gasteiger partial charge in [0.2, 0.25) is 5.91 Å². The largest absolute Gasteiger partial charge is 0.325 e. The van der Waals surface area contributed by atoms with Crippen molar-refractivity contribution in [3.05, 3.63) is 65.7 Å². The molecule has 6 heteroatoms. The number of anilines is 1. The molecule has 0 unspecified atom stereocenters. The number of benzene rings is 2. The summed E-state index contributed by atoms with van der Waals surface area (Å²) in [6.45, 7) is 6.38. The van der Waals surface area contributed by atoms with E-state index in [1.807, 2.05) is 49.4 Å². The summed E-state index contributed by atoms with van der Waals surface area (Å²) >= 11 is 7.50. The lowest BCUT2D eigenvalue weighted by Crippen LogP contribution is -2.14. The van der Waals surface area contributed by atoms with Gasteiger partial charge in [0.05, 0.1) is 16.8 Å². The molecule has 0 fully saturated rings. The highest BCUT2D eigenvalue weighted by atomic mass is 35.5. The molecule has 0 saturated heterocycles. The molecule has 1 aromatic heterocycles. The molecule has 128 valence electrons. The first-order valence-electron chi connectivity index (χ1n) is 7.83. The van der Waals surface area contributed by atoms with E-state index in [4.69, 9.17) is 11.6 Å². The molecule has 0 radical (unpaired) electrons. The zero-order chi connectivity index (χ0) is 17.8. The monoisotopic (exact) mass is 371 g/mol. The van der Waals surface area contributed by atoms with Gasteiger partial charge in [-0.05, 0) is 36.8 Å². The molecular weight excluding hydrogens is 354 g/mol. The fraction of sp³-hybridized carbons (Fsp3) is 0.158. The number of hydrogen-bond donors (Lipinski definition) is 1. The van der Waals surface area contributed by atoms with Gasteiger partial charge in [-0.2, -0.15) is 0 Å². The Kier molecular flexibility index (Phi) is 5.46. The molecule has 0 aliphatic heterocycles. The highest BCUT2D eigenvalue weighted by molar-refractivity contribution is 7.99. The highest BCUT2D eigenvalue weighted by Gasteiger charge is 2.12. The number of amides is 1. The quantitative estimate of drug-likeness (QED) is 0.494. The number of thioether (sulfide) groups is 1. The van der Waals surface area contributed by atoms with E-state index in [9.17, 15) is 4.79 Å². The smallest absolute Gasteiger partial charge is 0.234 e. The van der Waals surface area contributed by atoms with Gasteiger partial charge < -0.3 is 9.88 Å². The van der Waals surface area contributed by atoms with Gasteiger partial charge in [-0.25, -0.2) is 4.98 Å². The zero-order valence-corrected chi connectivity index (χ0v) is 15.4. The van der Waals surface area contributed by atoms with Crippen molar-refractivity contribution >= 4 is 46.0 Å². The van der Waals surface area contributed by atoms with Crippen LogP contribution in [0.3, 0.4) is 0 Å². The lowest BCUT2D eigenvalue weighted by Gasteiger charge is -2.08. The number of halogens is 1. The number of allylic oxidation sites excluding steroid dienone is 1. The van der Waals surface area contributed by atoms with Crippen LogP contribution in [0.5, 0.6) is 0 Å². The Bertz CT molecular complexity index is 936. The maximum atomic E-state index is 12.2. The van der Waals surface area contributed by atoms with E-state index >= 15 is 0 Å². The third kappa shape index (κ3) is 4.06. The van der Waals surface area contributed by atoms with E-state index in [1.165, 1.54) is 11.8 Å².